The second-order valence-corrected chi connectivity index (χ2v) is 8.54. The van der Waals surface area contributed by atoms with Gasteiger partial charge in [0.05, 0.1) is 12.5 Å². The van der Waals surface area contributed by atoms with Crippen molar-refractivity contribution in [3.8, 4) is 5.75 Å². The Labute approximate surface area is 190 Å². The second-order valence-electron chi connectivity index (χ2n) is 7.58. The third-order valence-electron chi connectivity index (χ3n) is 5.45. The Bertz CT molecular complexity index is 1340. The first-order valence-corrected chi connectivity index (χ1v) is 11.3. The van der Waals surface area contributed by atoms with Gasteiger partial charge in [-0.05, 0) is 41.8 Å². The zero-order chi connectivity index (χ0) is 22.1. The summed E-state index contributed by atoms with van der Waals surface area (Å²) < 4.78 is 5.41. The third-order valence-corrected chi connectivity index (χ3v) is 6.39. The lowest BCUT2D eigenvalue weighted by molar-refractivity contribution is -0.116. The zero-order valence-corrected chi connectivity index (χ0v) is 18.6. The molecule has 3 aromatic rings. The van der Waals surface area contributed by atoms with Crippen LogP contribution in [0.5, 0.6) is 5.75 Å². The maximum atomic E-state index is 13.2. The van der Waals surface area contributed by atoms with E-state index in [1.165, 1.54) is 17.3 Å². The molecule has 1 N–H and O–H groups in total. The molecule has 0 spiro atoms. The fourth-order valence-corrected chi connectivity index (χ4v) is 4.70. The molecule has 7 heteroatoms. The molecule has 32 heavy (non-hydrogen) atoms. The summed E-state index contributed by atoms with van der Waals surface area (Å²) in [6.45, 7) is 2.00. The van der Waals surface area contributed by atoms with Gasteiger partial charge in [-0.3, -0.25) is 15.1 Å². The molecule has 6 nitrogen and oxygen atoms in total. The van der Waals surface area contributed by atoms with E-state index in [2.05, 4.69) is 17.4 Å². The Morgan fingerprint density at radius 1 is 1.06 bits per heavy atom. The minimum absolute atomic E-state index is 0.173. The number of methoxy groups -OCH3 is 1. The highest BCUT2D eigenvalue weighted by molar-refractivity contribution is 8.13. The molecule has 0 aliphatic carbocycles. The molecule has 3 aromatic carbocycles. The Morgan fingerprint density at radius 2 is 1.84 bits per heavy atom. The summed E-state index contributed by atoms with van der Waals surface area (Å²) in [5.41, 5.74) is 3.63. The van der Waals surface area contributed by atoms with Crippen molar-refractivity contribution in [3.05, 3.63) is 100 Å². The molecule has 2 aliphatic heterocycles. The molecule has 160 valence electrons. The largest absolute Gasteiger partial charge is 0.496 e. The highest BCUT2D eigenvalue weighted by Crippen LogP contribution is 2.33. The quantitative estimate of drug-likeness (QED) is 0.674. The third kappa shape index (κ3) is 3.76. The van der Waals surface area contributed by atoms with E-state index in [-0.39, 0.29) is 5.91 Å². The lowest BCUT2D eigenvalue weighted by atomic mass is 10.1. The summed E-state index contributed by atoms with van der Waals surface area (Å²) in [5.74, 6) is 1.35. The molecule has 0 radical (unpaired) electrons. The summed E-state index contributed by atoms with van der Waals surface area (Å²) in [7, 11) is 1.66. The molecule has 0 unspecified atom stereocenters. The fraction of sp³-hybridized carbons (Fsp3) is 0.160. The monoisotopic (exact) mass is 442 g/mol. The molecular formula is C25H22N4O2S. The average molecular weight is 443 g/mol. The number of hydrogen-bond donors (Lipinski definition) is 1. The van der Waals surface area contributed by atoms with Crippen LogP contribution in [0.1, 0.15) is 22.9 Å². The van der Waals surface area contributed by atoms with E-state index in [0.717, 1.165) is 27.5 Å². The van der Waals surface area contributed by atoms with Crippen LogP contribution in [-0.4, -0.2) is 23.2 Å². The van der Waals surface area contributed by atoms with Gasteiger partial charge < -0.3 is 4.74 Å². The Kier molecular flexibility index (Phi) is 5.41. The molecular weight excluding hydrogens is 420 g/mol. The number of carbonyl (C=O) groups excluding carboxylic acids is 1. The van der Waals surface area contributed by atoms with E-state index < -0.39 is 6.17 Å². The van der Waals surface area contributed by atoms with E-state index >= 15 is 0 Å². The van der Waals surface area contributed by atoms with Gasteiger partial charge in [-0.2, -0.15) is 0 Å². The molecule has 0 bridgehead atoms. The first-order chi connectivity index (χ1) is 15.6. The number of hydrazone groups is 1. The van der Waals surface area contributed by atoms with Crippen molar-refractivity contribution in [3.63, 3.8) is 0 Å². The maximum Gasteiger partial charge on any atom is 0.276 e. The van der Waals surface area contributed by atoms with Crippen LogP contribution in [0.25, 0.3) is 5.70 Å². The van der Waals surface area contributed by atoms with E-state index in [0.29, 0.717) is 16.6 Å². The highest BCUT2D eigenvalue weighted by Gasteiger charge is 2.34. The molecule has 5 rings (SSSR count). The summed E-state index contributed by atoms with van der Waals surface area (Å²) >= 11 is 1.50. The number of ether oxygens (including phenoxy) is 1. The van der Waals surface area contributed by atoms with Crippen molar-refractivity contribution in [2.75, 3.05) is 7.11 Å². The topological polar surface area (TPSA) is 66.3 Å². The van der Waals surface area contributed by atoms with Crippen LogP contribution in [0.3, 0.4) is 0 Å². The van der Waals surface area contributed by atoms with Crippen LogP contribution in [0.4, 0.5) is 0 Å². The molecule has 2 heterocycles. The Hall–Kier alpha value is -3.58. The first-order valence-electron chi connectivity index (χ1n) is 10.3. The molecule has 2 aliphatic rings. The smallest absolute Gasteiger partial charge is 0.276 e. The van der Waals surface area contributed by atoms with Gasteiger partial charge in [0.1, 0.15) is 11.4 Å². The minimum Gasteiger partial charge on any atom is -0.496 e. The lowest BCUT2D eigenvalue weighted by Crippen LogP contribution is -2.50. The van der Waals surface area contributed by atoms with Gasteiger partial charge in [-0.1, -0.05) is 66.4 Å². The van der Waals surface area contributed by atoms with Crippen molar-refractivity contribution < 1.29 is 9.53 Å². The van der Waals surface area contributed by atoms with Gasteiger partial charge in [0.2, 0.25) is 0 Å². The van der Waals surface area contributed by atoms with Crippen molar-refractivity contribution in [2.24, 2.45) is 10.1 Å². The summed E-state index contributed by atoms with van der Waals surface area (Å²) in [6, 6.07) is 23.7. The average Bonchev–Trinajstić information content (AvgIpc) is 2.82. The summed E-state index contributed by atoms with van der Waals surface area (Å²) in [4.78, 5) is 18.2. The molecule has 0 fully saturated rings. The van der Waals surface area contributed by atoms with Gasteiger partial charge >= 0.3 is 0 Å². The van der Waals surface area contributed by atoms with Gasteiger partial charge in [0, 0.05) is 11.0 Å². The summed E-state index contributed by atoms with van der Waals surface area (Å²) in [6.07, 6.45) is -0.442. The van der Waals surface area contributed by atoms with Crippen molar-refractivity contribution in [1.29, 1.82) is 0 Å². The van der Waals surface area contributed by atoms with Crippen LogP contribution in [0.2, 0.25) is 0 Å². The zero-order valence-electron chi connectivity index (χ0n) is 17.8. The van der Waals surface area contributed by atoms with Crippen LogP contribution in [0.15, 0.2) is 82.9 Å². The van der Waals surface area contributed by atoms with Gasteiger partial charge in [-0.15, -0.1) is 5.10 Å². The number of aryl methyl sites for hydroxylation is 1. The van der Waals surface area contributed by atoms with Crippen molar-refractivity contribution in [2.45, 2.75) is 18.8 Å². The standard InChI is InChI=1S/C25H22N4O2S/c1-16-14-18(12-13-21(16)31-2)23-26-20-11-7-6-10-19(20)22-24(30)27-25(28-29(22)23)32-15-17-8-4-3-5-9-17/h3-14,23H,15H2,1-2H3,(H,27,28,30)/t23-/m0/s1. The van der Waals surface area contributed by atoms with Gasteiger partial charge in [0.25, 0.3) is 5.91 Å². The van der Waals surface area contributed by atoms with E-state index in [9.17, 15) is 4.79 Å². The molecule has 1 amide bonds. The van der Waals surface area contributed by atoms with Crippen molar-refractivity contribution in [1.82, 2.24) is 10.3 Å². The minimum atomic E-state index is -0.442. The van der Waals surface area contributed by atoms with Crippen LogP contribution in [-0.2, 0) is 10.5 Å². The fourth-order valence-electron chi connectivity index (χ4n) is 3.90. The molecule has 0 saturated carbocycles. The van der Waals surface area contributed by atoms with Crippen LogP contribution in [0, 0.1) is 6.92 Å². The number of para-hydroxylation sites is 1. The number of nitrogens with one attached hydrogen (secondary N) is 1. The normalized spacial score (nSPS) is 17.0. The van der Waals surface area contributed by atoms with Crippen LogP contribution >= 0.6 is 11.8 Å². The highest BCUT2D eigenvalue weighted by atomic mass is 32.2. The first kappa shape index (κ1) is 20.3. The Morgan fingerprint density at radius 3 is 2.62 bits per heavy atom. The van der Waals surface area contributed by atoms with E-state index in [4.69, 9.17) is 14.8 Å². The predicted molar refractivity (Wildman–Crippen MR) is 126 cm³/mol. The number of fused-ring (bicyclic) bond motifs is 2. The predicted octanol–water partition coefficient (Wildman–Crippen LogP) is 3.08. The van der Waals surface area contributed by atoms with Gasteiger partial charge in [0.15, 0.2) is 11.3 Å². The number of carbonyl (C=O) groups is 1. The van der Waals surface area contributed by atoms with Crippen molar-refractivity contribution >= 4 is 28.5 Å². The summed E-state index contributed by atoms with van der Waals surface area (Å²) in [5, 5.41) is 11.6. The number of nitrogens with zero attached hydrogens (tertiary/aromatic N) is 3. The SMILES string of the molecule is COc1ccc([C@H]2N=c3ccccc3=C3C(=O)NC(SCc4ccccc4)=NN32)cc1C. The maximum absolute atomic E-state index is 13.2. The molecule has 0 saturated heterocycles. The molecule has 1 atom stereocenters. The van der Waals surface area contributed by atoms with Gasteiger partial charge in [-0.25, -0.2) is 5.01 Å². The second kappa shape index (κ2) is 8.51. The number of hydrogen-bond acceptors (Lipinski definition) is 6. The number of thioether (sulfide) groups is 1. The number of amides is 1. The van der Waals surface area contributed by atoms with E-state index in [1.54, 1.807) is 12.1 Å². The van der Waals surface area contributed by atoms with E-state index in [1.807, 2.05) is 67.6 Å². The molecule has 0 aromatic heterocycles. The number of benzene rings is 3. The van der Waals surface area contributed by atoms with Crippen LogP contribution < -0.4 is 20.6 Å². The lowest BCUT2D eigenvalue weighted by Gasteiger charge is -2.34. The number of amidine groups is 1. The Balaban J connectivity index is 1.58. The number of rotatable bonds is 4.